The van der Waals surface area contributed by atoms with E-state index in [9.17, 15) is 4.79 Å². The third-order valence-electron chi connectivity index (χ3n) is 4.24. The molecule has 0 aromatic heterocycles. The third kappa shape index (κ3) is 4.93. The Hall–Kier alpha value is -2.13. The smallest absolute Gasteiger partial charge is 0.279 e. The van der Waals surface area contributed by atoms with E-state index in [0.29, 0.717) is 6.54 Å². The van der Waals surface area contributed by atoms with E-state index in [1.807, 2.05) is 18.2 Å². The molecule has 0 bridgehead atoms. The SMILES string of the molecule is Cc1ccc(C[NH+](C)CC(=O)Nc2ccc(C)c(C)c2)c(C)c1. The number of benzene rings is 2. The molecule has 3 nitrogen and oxygen atoms in total. The first kappa shape index (κ1) is 17.2. The minimum Gasteiger partial charge on any atom is -0.326 e. The number of amides is 1. The summed E-state index contributed by atoms with van der Waals surface area (Å²) in [7, 11) is 2.05. The molecule has 1 atom stereocenters. The zero-order valence-corrected chi connectivity index (χ0v) is 14.8. The maximum absolute atomic E-state index is 12.2. The van der Waals surface area contributed by atoms with Gasteiger partial charge in [-0.25, -0.2) is 0 Å². The standard InChI is InChI=1S/C20H26N2O/c1-14-6-8-18(17(4)10-14)12-22(5)13-20(23)21-19-9-7-15(2)16(3)11-19/h6-11H,12-13H2,1-5H3,(H,21,23)/p+1. The lowest BCUT2D eigenvalue weighted by atomic mass is 10.1. The van der Waals surface area contributed by atoms with Gasteiger partial charge in [-0.15, -0.1) is 0 Å². The third-order valence-corrected chi connectivity index (χ3v) is 4.24. The predicted molar refractivity (Wildman–Crippen MR) is 95.9 cm³/mol. The Bertz CT molecular complexity index is 707. The van der Waals surface area contributed by atoms with Crippen LogP contribution in [0.4, 0.5) is 5.69 Å². The fourth-order valence-corrected chi connectivity index (χ4v) is 2.73. The van der Waals surface area contributed by atoms with Crippen LogP contribution in [0, 0.1) is 27.7 Å². The zero-order valence-electron chi connectivity index (χ0n) is 14.8. The number of hydrogen-bond acceptors (Lipinski definition) is 1. The Labute approximate surface area is 139 Å². The minimum atomic E-state index is 0.0514. The van der Waals surface area contributed by atoms with Gasteiger partial charge in [-0.1, -0.05) is 29.8 Å². The number of anilines is 1. The van der Waals surface area contributed by atoms with Crippen LogP contribution < -0.4 is 10.2 Å². The van der Waals surface area contributed by atoms with Crippen molar-refractivity contribution in [3.05, 3.63) is 64.2 Å². The molecule has 23 heavy (non-hydrogen) atoms. The van der Waals surface area contributed by atoms with E-state index in [1.54, 1.807) is 0 Å². The molecule has 0 saturated carbocycles. The average molecular weight is 311 g/mol. The largest absolute Gasteiger partial charge is 0.326 e. The number of carbonyl (C=O) groups excluding carboxylic acids is 1. The highest BCUT2D eigenvalue weighted by Gasteiger charge is 2.12. The molecule has 0 aliphatic rings. The summed E-state index contributed by atoms with van der Waals surface area (Å²) in [5.41, 5.74) is 7.17. The van der Waals surface area contributed by atoms with Crippen LogP contribution in [0.25, 0.3) is 0 Å². The normalized spacial score (nSPS) is 12.0. The lowest BCUT2D eigenvalue weighted by Gasteiger charge is -2.16. The Morgan fingerprint density at radius 1 is 0.957 bits per heavy atom. The van der Waals surface area contributed by atoms with Crippen molar-refractivity contribution in [1.82, 2.24) is 0 Å². The van der Waals surface area contributed by atoms with Crippen LogP contribution in [0.5, 0.6) is 0 Å². The number of nitrogens with one attached hydrogen (secondary N) is 2. The molecule has 0 fully saturated rings. The van der Waals surface area contributed by atoms with Crippen molar-refractivity contribution >= 4 is 11.6 Å². The first-order chi connectivity index (χ1) is 10.8. The predicted octanol–water partition coefficient (Wildman–Crippen LogP) is 2.57. The number of likely N-dealkylation sites (N-methyl/N-ethyl adjacent to an activating group) is 1. The van der Waals surface area contributed by atoms with Crippen LogP contribution >= 0.6 is 0 Å². The zero-order chi connectivity index (χ0) is 17.0. The molecule has 0 spiro atoms. The molecule has 2 aromatic rings. The van der Waals surface area contributed by atoms with Crippen molar-refractivity contribution < 1.29 is 9.69 Å². The lowest BCUT2D eigenvalue weighted by Crippen LogP contribution is -3.08. The van der Waals surface area contributed by atoms with E-state index < -0.39 is 0 Å². The van der Waals surface area contributed by atoms with Gasteiger partial charge >= 0.3 is 0 Å². The Kier molecular flexibility index (Phi) is 5.56. The highest BCUT2D eigenvalue weighted by atomic mass is 16.2. The number of carbonyl (C=O) groups is 1. The van der Waals surface area contributed by atoms with Gasteiger partial charge in [0.25, 0.3) is 5.91 Å². The quantitative estimate of drug-likeness (QED) is 0.874. The van der Waals surface area contributed by atoms with Crippen molar-refractivity contribution in [2.75, 3.05) is 18.9 Å². The molecule has 0 aliphatic carbocycles. The number of hydrogen-bond donors (Lipinski definition) is 2. The maximum Gasteiger partial charge on any atom is 0.279 e. The van der Waals surface area contributed by atoms with Gasteiger partial charge in [0.05, 0.1) is 7.05 Å². The molecule has 2 aromatic carbocycles. The second-order valence-electron chi connectivity index (χ2n) is 6.59. The highest BCUT2D eigenvalue weighted by molar-refractivity contribution is 5.91. The van der Waals surface area contributed by atoms with Crippen LogP contribution in [0.15, 0.2) is 36.4 Å². The number of aryl methyl sites for hydroxylation is 4. The molecule has 0 radical (unpaired) electrons. The Morgan fingerprint density at radius 2 is 1.70 bits per heavy atom. The second-order valence-corrected chi connectivity index (χ2v) is 6.59. The molecule has 0 heterocycles. The van der Waals surface area contributed by atoms with Crippen LogP contribution in [0.3, 0.4) is 0 Å². The van der Waals surface area contributed by atoms with E-state index in [4.69, 9.17) is 0 Å². The minimum absolute atomic E-state index is 0.0514. The van der Waals surface area contributed by atoms with E-state index in [1.165, 1.54) is 32.7 Å². The van der Waals surface area contributed by atoms with Gasteiger partial charge in [-0.05, 0) is 56.5 Å². The molecule has 2 N–H and O–H groups in total. The van der Waals surface area contributed by atoms with Gasteiger partial charge in [0.1, 0.15) is 6.54 Å². The van der Waals surface area contributed by atoms with Gasteiger partial charge in [-0.2, -0.15) is 0 Å². The maximum atomic E-state index is 12.2. The summed E-state index contributed by atoms with van der Waals surface area (Å²) in [5, 5.41) is 2.99. The van der Waals surface area contributed by atoms with E-state index in [-0.39, 0.29) is 5.91 Å². The summed E-state index contributed by atoms with van der Waals surface area (Å²) in [6, 6.07) is 12.5. The summed E-state index contributed by atoms with van der Waals surface area (Å²) >= 11 is 0. The van der Waals surface area contributed by atoms with Crippen molar-refractivity contribution in [1.29, 1.82) is 0 Å². The molecule has 2 rings (SSSR count). The van der Waals surface area contributed by atoms with Crippen LogP contribution in [0.1, 0.15) is 27.8 Å². The lowest BCUT2D eigenvalue weighted by molar-refractivity contribution is -0.885. The summed E-state index contributed by atoms with van der Waals surface area (Å²) < 4.78 is 0. The van der Waals surface area contributed by atoms with Crippen molar-refractivity contribution in [3.8, 4) is 0 Å². The molecule has 1 amide bonds. The monoisotopic (exact) mass is 311 g/mol. The fourth-order valence-electron chi connectivity index (χ4n) is 2.73. The van der Waals surface area contributed by atoms with Gasteiger partial charge in [0.2, 0.25) is 0 Å². The van der Waals surface area contributed by atoms with E-state index in [0.717, 1.165) is 12.2 Å². The topological polar surface area (TPSA) is 33.5 Å². The first-order valence-electron chi connectivity index (χ1n) is 8.09. The van der Waals surface area contributed by atoms with Crippen molar-refractivity contribution in [3.63, 3.8) is 0 Å². The van der Waals surface area contributed by atoms with Crippen LogP contribution in [-0.4, -0.2) is 19.5 Å². The summed E-state index contributed by atoms with van der Waals surface area (Å²) in [6.07, 6.45) is 0. The van der Waals surface area contributed by atoms with Crippen LogP contribution in [-0.2, 0) is 11.3 Å². The molecule has 122 valence electrons. The molecule has 3 heteroatoms. The first-order valence-corrected chi connectivity index (χ1v) is 8.09. The molecule has 1 unspecified atom stereocenters. The summed E-state index contributed by atoms with van der Waals surface area (Å²) in [4.78, 5) is 13.4. The van der Waals surface area contributed by atoms with Crippen LogP contribution in [0.2, 0.25) is 0 Å². The van der Waals surface area contributed by atoms with Gasteiger partial charge in [0, 0.05) is 11.3 Å². The van der Waals surface area contributed by atoms with Gasteiger partial charge in [-0.3, -0.25) is 4.79 Å². The second kappa shape index (κ2) is 7.42. The van der Waals surface area contributed by atoms with Crippen molar-refractivity contribution in [2.24, 2.45) is 0 Å². The number of rotatable bonds is 5. The van der Waals surface area contributed by atoms with E-state index in [2.05, 4.69) is 58.3 Å². The highest BCUT2D eigenvalue weighted by Crippen LogP contribution is 2.13. The van der Waals surface area contributed by atoms with Gasteiger partial charge < -0.3 is 10.2 Å². The number of quaternary nitrogens is 1. The molecular weight excluding hydrogens is 284 g/mol. The van der Waals surface area contributed by atoms with Gasteiger partial charge in [0.15, 0.2) is 6.54 Å². The molecular formula is C20H27N2O+. The summed E-state index contributed by atoms with van der Waals surface area (Å²) in [5.74, 6) is 0.0514. The Balaban J connectivity index is 1.92. The summed E-state index contributed by atoms with van der Waals surface area (Å²) in [6.45, 7) is 9.67. The fraction of sp³-hybridized carbons (Fsp3) is 0.350. The molecule has 0 saturated heterocycles. The molecule has 0 aliphatic heterocycles. The van der Waals surface area contributed by atoms with Crippen molar-refractivity contribution in [2.45, 2.75) is 34.2 Å². The van der Waals surface area contributed by atoms with E-state index >= 15 is 0 Å². The average Bonchev–Trinajstić information content (AvgIpc) is 2.46. The Morgan fingerprint density at radius 3 is 2.35 bits per heavy atom.